The third kappa shape index (κ3) is 6.03. The molecule has 1 aliphatic heterocycles. The van der Waals surface area contributed by atoms with Gasteiger partial charge in [-0.05, 0) is 42.1 Å². The first-order chi connectivity index (χ1) is 18.0. The minimum atomic E-state index is -4.37. The van der Waals surface area contributed by atoms with Gasteiger partial charge in [-0.25, -0.2) is 16.8 Å². The fourth-order valence-electron chi connectivity index (χ4n) is 4.52. The maximum atomic E-state index is 11.3. The van der Waals surface area contributed by atoms with Crippen LogP contribution in [0.25, 0.3) is 27.1 Å². The number of thiazole rings is 1. The van der Waals surface area contributed by atoms with E-state index in [1.165, 1.54) is 11.3 Å². The molecule has 0 saturated heterocycles. The summed E-state index contributed by atoms with van der Waals surface area (Å²) in [6.07, 6.45) is 2.07. The van der Waals surface area contributed by atoms with E-state index in [9.17, 15) is 25.9 Å². The average molecular weight is 639 g/mol. The molecule has 9 nitrogen and oxygen atoms in total. The lowest BCUT2D eigenvalue weighted by molar-refractivity contribution is -0.667. The Labute approximate surface area is 232 Å². The molecule has 0 amide bonds. The monoisotopic (exact) mass is 637 g/mol. The van der Waals surface area contributed by atoms with Crippen LogP contribution in [-0.4, -0.2) is 44.0 Å². The van der Waals surface area contributed by atoms with Crippen molar-refractivity contribution in [3.05, 3.63) is 70.0 Å². The minimum absolute atomic E-state index is 0.108. The topological polar surface area (TPSA) is 131 Å². The van der Waals surface area contributed by atoms with Crippen LogP contribution < -0.4 is 14.2 Å². The van der Waals surface area contributed by atoms with Crippen molar-refractivity contribution in [2.75, 3.05) is 23.0 Å². The van der Waals surface area contributed by atoms with Crippen molar-refractivity contribution in [2.24, 2.45) is 0 Å². The third-order valence-electron chi connectivity index (χ3n) is 6.11. The molecule has 1 aliphatic rings. The molecule has 0 spiro atoms. The molecule has 38 heavy (non-hydrogen) atoms. The zero-order chi connectivity index (χ0) is 27.1. The summed E-state index contributed by atoms with van der Waals surface area (Å²) >= 11 is 4.95. The van der Waals surface area contributed by atoms with E-state index >= 15 is 0 Å². The van der Waals surface area contributed by atoms with Crippen LogP contribution in [0.3, 0.4) is 0 Å². The molecule has 2 heterocycles. The number of anilines is 1. The normalized spacial score (nSPS) is 14.9. The highest BCUT2D eigenvalue weighted by Crippen LogP contribution is 2.42. The molecule has 3 aromatic carbocycles. The van der Waals surface area contributed by atoms with Crippen molar-refractivity contribution in [3.8, 4) is 5.75 Å². The van der Waals surface area contributed by atoms with E-state index in [0.717, 1.165) is 36.2 Å². The summed E-state index contributed by atoms with van der Waals surface area (Å²) in [6.45, 7) is 0.528. The summed E-state index contributed by atoms with van der Waals surface area (Å²) in [5.74, 6) is 0.0465. The van der Waals surface area contributed by atoms with Gasteiger partial charge < -0.3 is 18.7 Å². The molecule has 0 N–H and O–H groups in total. The van der Waals surface area contributed by atoms with Gasteiger partial charge in [0.15, 0.2) is 12.3 Å². The lowest BCUT2D eigenvalue weighted by atomic mass is 10.1. The molecule has 4 aromatic rings. The van der Waals surface area contributed by atoms with Gasteiger partial charge in [0.1, 0.15) is 4.70 Å². The Kier molecular flexibility index (Phi) is 7.50. The Morgan fingerprint density at radius 2 is 1.71 bits per heavy atom. The second kappa shape index (κ2) is 10.5. The van der Waals surface area contributed by atoms with Crippen molar-refractivity contribution in [3.63, 3.8) is 0 Å². The SMILES string of the molecule is O=S(=O)([O-])CCCN1C(=Cc2sc3ccc4ccccc4c3[n+]2CCCS(=O)(=O)[O-])Oc2ccc(Br)cc21. The second-order valence-corrected chi connectivity index (χ2v) is 13.8. The Morgan fingerprint density at radius 3 is 2.47 bits per heavy atom. The smallest absolute Gasteiger partial charge is 0.268 e. The van der Waals surface area contributed by atoms with Crippen LogP contribution in [0.4, 0.5) is 5.69 Å². The van der Waals surface area contributed by atoms with Crippen LogP contribution in [0.1, 0.15) is 17.8 Å². The maximum Gasteiger partial charge on any atom is 0.268 e. The van der Waals surface area contributed by atoms with Crippen LogP contribution in [0.15, 0.2) is 65.0 Å². The summed E-state index contributed by atoms with van der Waals surface area (Å²) in [5, 5.41) is 2.79. The highest BCUT2D eigenvalue weighted by Gasteiger charge is 2.30. The molecule has 0 unspecified atom stereocenters. The fourth-order valence-corrected chi connectivity index (χ4v) is 6.97. The van der Waals surface area contributed by atoms with Crippen molar-refractivity contribution >= 4 is 80.3 Å². The van der Waals surface area contributed by atoms with Gasteiger partial charge >= 0.3 is 0 Å². The molecular formula is C25H22BrN2O7S3-. The molecule has 0 aliphatic carbocycles. The van der Waals surface area contributed by atoms with Crippen LogP contribution >= 0.6 is 27.3 Å². The molecule has 200 valence electrons. The highest BCUT2D eigenvalue weighted by atomic mass is 79.9. The number of benzene rings is 3. The third-order valence-corrected chi connectivity index (χ3v) is 9.27. The molecule has 13 heteroatoms. The second-order valence-electron chi connectivity index (χ2n) is 8.80. The number of rotatable bonds is 9. The van der Waals surface area contributed by atoms with Crippen molar-refractivity contribution < 1.29 is 35.2 Å². The fraction of sp³-hybridized carbons (Fsp3) is 0.240. The van der Waals surface area contributed by atoms with Crippen molar-refractivity contribution in [1.29, 1.82) is 0 Å². The quantitative estimate of drug-likeness (QED) is 0.197. The molecule has 0 saturated carbocycles. The number of fused-ring (bicyclic) bond motifs is 4. The summed E-state index contributed by atoms with van der Waals surface area (Å²) in [7, 11) is -8.74. The number of aryl methyl sites for hydroxylation is 1. The molecule has 0 atom stereocenters. The van der Waals surface area contributed by atoms with E-state index in [0.29, 0.717) is 18.2 Å². The maximum absolute atomic E-state index is 11.3. The van der Waals surface area contributed by atoms with Crippen LogP contribution in [0.2, 0.25) is 0 Å². The van der Waals surface area contributed by atoms with E-state index < -0.39 is 31.7 Å². The summed E-state index contributed by atoms with van der Waals surface area (Å²) < 4.78 is 77.4. The molecule has 1 aromatic heterocycles. The van der Waals surface area contributed by atoms with Gasteiger partial charge in [0.05, 0.1) is 37.4 Å². The van der Waals surface area contributed by atoms with Gasteiger partial charge in [-0.15, -0.1) is 0 Å². The van der Waals surface area contributed by atoms with Gasteiger partial charge in [-0.3, -0.25) is 0 Å². The largest absolute Gasteiger partial charge is 0.748 e. The summed E-state index contributed by atoms with van der Waals surface area (Å²) in [5.41, 5.74) is 1.65. The van der Waals surface area contributed by atoms with Gasteiger partial charge in [0.2, 0.25) is 11.4 Å². The Bertz CT molecular complexity index is 1780. The van der Waals surface area contributed by atoms with Crippen LogP contribution in [0, 0.1) is 0 Å². The first-order valence-electron chi connectivity index (χ1n) is 11.7. The van der Waals surface area contributed by atoms with Gasteiger partial charge in [-0.1, -0.05) is 51.5 Å². The molecule has 0 fully saturated rings. The molecule has 0 bridgehead atoms. The lowest BCUT2D eigenvalue weighted by Crippen LogP contribution is -2.36. The number of aromatic nitrogens is 1. The van der Waals surface area contributed by atoms with E-state index in [-0.39, 0.29) is 19.4 Å². The molecule has 5 rings (SSSR count). The lowest BCUT2D eigenvalue weighted by Gasteiger charge is -2.18. The number of ether oxygens (including phenoxy) is 1. The zero-order valence-electron chi connectivity index (χ0n) is 19.9. The highest BCUT2D eigenvalue weighted by molar-refractivity contribution is 9.10. The van der Waals surface area contributed by atoms with E-state index in [2.05, 4.69) is 15.9 Å². The average Bonchev–Trinajstić information content (AvgIpc) is 3.35. The predicted octanol–water partition coefficient (Wildman–Crippen LogP) is 4.17. The number of nitrogens with zero attached hydrogens (tertiary/aromatic N) is 2. The van der Waals surface area contributed by atoms with Crippen LogP contribution in [-0.2, 0) is 26.8 Å². The zero-order valence-corrected chi connectivity index (χ0v) is 23.9. The van der Waals surface area contributed by atoms with Gasteiger partial charge in [-0.2, -0.15) is 4.57 Å². The number of hydrogen-bond donors (Lipinski definition) is 0. The summed E-state index contributed by atoms with van der Waals surface area (Å²) in [6, 6.07) is 17.4. The van der Waals surface area contributed by atoms with Gasteiger partial charge in [0, 0.05) is 28.9 Å². The number of hydrogen-bond acceptors (Lipinski definition) is 9. The molecular weight excluding hydrogens is 616 g/mol. The van der Waals surface area contributed by atoms with E-state index in [4.69, 9.17) is 4.74 Å². The summed E-state index contributed by atoms with van der Waals surface area (Å²) in [4.78, 5) is 1.82. The van der Waals surface area contributed by atoms with E-state index in [1.807, 2.05) is 64.1 Å². The first-order valence-corrected chi connectivity index (χ1v) is 16.4. The minimum Gasteiger partial charge on any atom is -0.748 e. The standard InChI is InChI=1S/C25H23BrN2O7S3/c26-18-8-9-21-20(15-18)27(11-3-13-37(29,30)31)23(35-21)16-24-28(12-4-14-38(32,33)34)25-19-6-2-1-5-17(19)7-10-22(25)36-24/h1-2,5-10,15-16H,3-4,11-14H2,(H-,29,30,31,32,33,34)/p-1. The number of halogens is 1. The Hall–Kier alpha value is -2.55. The Balaban J connectivity index is 1.60. The first kappa shape index (κ1) is 27.0. The van der Waals surface area contributed by atoms with E-state index in [1.54, 1.807) is 6.07 Å². The van der Waals surface area contributed by atoms with Gasteiger partial charge in [0.25, 0.3) is 5.01 Å². The van der Waals surface area contributed by atoms with Crippen molar-refractivity contribution in [1.82, 2.24) is 0 Å². The molecule has 0 radical (unpaired) electrons. The predicted molar refractivity (Wildman–Crippen MR) is 148 cm³/mol. The van der Waals surface area contributed by atoms with Crippen molar-refractivity contribution in [2.45, 2.75) is 19.4 Å². The van der Waals surface area contributed by atoms with Crippen LogP contribution in [0.5, 0.6) is 5.75 Å². The Morgan fingerprint density at radius 1 is 0.974 bits per heavy atom.